The molecule has 0 aromatic carbocycles. The quantitative estimate of drug-likeness (QED) is 0.545. The fourth-order valence-electron chi connectivity index (χ4n) is 1.17. The summed E-state index contributed by atoms with van der Waals surface area (Å²) in [5, 5.41) is 0. The van der Waals surface area contributed by atoms with Crippen molar-refractivity contribution in [2.75, 3.05) is 0 Å². The highest BCUT2D eigenvalue weighted by atomic mass is 14.4. The molecule has 72 valence electrons. The number of allylic oxidation sites excluding steroid dienone is 2. The molecule has 0 aromatic rings. The van der Waals surface area contributed by atoms with Gasteiger partial charge in [0.25, 0.3) is 0 Å². The first-order valence-electron chi connectivity index (χ1n) is 4.98. The Morgan fingerprint density at radius 3 is 1.83 bits per heavy atom. The van der Waals surface area contributed by atoms with Crippen molar-refractivity contribution < 1.29 is 0 Å². The molecule has 0 heterocycles. The van der Waals surface area contributed by atoms with Crippen molar-refractivity contribution in [3.05, 3.63) is 12.2 Å². The molecule has 0 saturated carbocycles. The standard InChI is InChI=1S/C12H24/c1-7-9-10-12(5,6)11(3,4)8-2/h7,9H,8,10H2,1-6H3. The Morgan fingerprint density at radius 2 is 1.50 bits per heavy atom. The summed E-state index contributed by atoms with van der Waals surface area (Å²) in [6, 6.07) is 0. The highest BCUT2D eigenvalue weighted by molar-refractivity contribution is 4.92. The average molecular weight is 168 g/mol. The first-order chi connectivity index (χ1) is 5.37. The van der Waals surface area contributed by atoms with Crippen molar-refractivity contribution in [3.63, 3.8) is 0 Å². The van der Waals surface area contributed by atoms with Gasteiger partial charge in [-0.05, 0) is 24.2 Å². The summed E-state index contributed by atoms with van der Waals surface area (Å²) in [6.07, 6.45) is 6.85. The molecule has 0 bridgehead atoms. The molecule has 0 radical (unpaired) electrons. The van der Waals surface area contributed by atoms with Crippen molar-refractivity contribution in [1.29, 1.82) is 0 Å². The zero-order chi connectivity index (χ0) is 9.83. The van der Waals surface area contributed by atoms with Gasteiger partial charge in [0.1, 0.15) is 0 Å². The van der Waals surface area contributed by atoms with E-state index in [1.165, 1.54) is 12.8 Å². The van der Waals surface area contributed by atoms with Crippen molar-refractivity contribution in [1.82, 2.24) is 0 Å². The minimum atomic E-state index is 0.411. The predicted octanol–water partition coefficient (Wildman–Crippen LogP) is 4.42. The summed E-state index contributed by atoms with van der Waals surface area (Å²) in [5.74, 6) is 0. The van der Waals surface area contributed by atoms with Crippen LogP contribution in [-0.4, -0.2) is 0 Å². The fourth-order valence-corrected chi connectivity index (χ4v) is 1.17. The summed E-state index contributed by atoms with van der Waals surface area (Å²) in [6.45, 7) is 13.8. The fraction of sp³-hybridized carbons (Fsp3) is 0.833. The van der Waals surface area contributed by atoms with Gasteiger partial charge in [-0.15, -0.1) is 0 Å². The van der Waals surface area contributed by atoms with Gasteiger partial charge in [-0.2, -0.15) is 0 Å². The van der Waals surface area contributed by atoms with Crippen molar-refractivity contribution in [3.8, 4) is 0 Å². The maximum absolute atomic E-state index is 2.36. The lowest BCUT2D eigenvalue weighted by molar-refractivity contribution is 0.108. The molecule has 0 N–H and O–H groups in total. The van der Waals surface area contributed by atoms with Gasteiger partial charge >= 0.3 is 0 Å². The third-order valence-corrected chi connectivity index (χ3v) is 3.58. The largest absolute Gasteiger partial charge is 0.0916 e. The van der Waals surface area contributed by atoms with Crippen LogP contribution >= 0.6 is 0 Å². The maximum Gasteiger partial charge on any atom is -0.0269 e. The Balaban J connectivity index is 4.37. The third kappa shape index (κ3) is 2.66. The van der Waals surface area contributed by atoms with Crippen LogP contribution in [0.15, 0.2) is 12.2 Å². The predicted molar refractivity (Wildman–Crippen MR) is 57.3 cm³/mol. The van der Waals surface area contributed by atoms with Gasteiger partial charge in [0.05, 0.1) is 0 Å². The van der Waals surface area contributed by atoms with Gasteiger partial charge in [-0.25, -0.2) is 0 Å². The highest BCUT2D eigenvalue weighted by Gasteiger charge is 2.33. The third-order valence-electron chi connectivity index (χ3n) is 3.58. The van der Waals surface area contributed by atoms with Crippen LogP contribution in [0.3, 0.4) is 0 Å². The molecule has 0 fully saturated rings. The minimum absolute atomic E-state index is 0.411. The summed E-state index contributed by atoms with van der Waals surface area (Å²) in [7, 11) is 0. The second-order valence-corrected chi connectivity index (χ2v) is 4.89. The van der Waals surface area contributed by atoms with E-state index in [9.17, 15) is 0 Å². The zero-order valence-corrected chi connectivity index (χ0v) is 9.57. The summed E-state index contributed by atoms with van der Waals surface area (Å²) >= 11 is 0. The van der Waals surface area contributed by atoms with E-state index in [2.05, 4.69) is 53.7 Å². The maximum atomic E-state index is 2.36. The van der Waals surface area contributed by atoms with E-state index >= 15 is 0 Å². The molecular formula is C12H24. The van der Waals surface area contributed by atoms with Crippen LogP contribution in [0, 0.1) is 10.8 Å². The molecular weight excluding hydrogens is 144 g/mol. The zero-order valence-electron chi connectivity index (χ0n) is 9.57. The Labute approximate surface area is 78.1 Å². The molecule has 0 heteroatoms. The topological polar surface area (TPSA) is 0 Å². The van der Waals surface area contributed by atoms with E-state index in [0.717, 1.165) is 0 Å². The summed E-state index contributed by atoms with van der Waals surface area (Å²) < 4.78 is 0. The van der Waals surface area contributed by atoms with Crippen molar-refractivity contribution in [2.45, 2.75) is 54.4 Å². The lowest BCUT2D eigenvalue weighted by atomic mass is 9.65. The lowest BCUT2D eigenvalue weighted by Crippen LogP contribution is -2.31. The number of rotatable bonds is 4. The van der Waals surface area contributed by atoms with E-state index < -0.39 is 0 Å². The smallest absolute Gasteiger partial charge is 0.0269 e. The van der Waals surface area contributed by atoms with Crippen LogP contribution in [-0.2, 0) is 0 Å². The normalized spacial score (nSPS) is 14.2. The first-order valence-corrected chi connectivity index (χ1v) is 4.98. The monoisotopic (exact) mass is 168 g/mol. The molecule has 0 amide bonds. The van der Waals surface area contributed by atoms with Crippen LogP contribution in [0.4, 0.5) is 0 Å². The van der Waals surface area contributed by atoms with Gasteiger partial charge in [0.2, 0.25) is 0 Å². The van der Waals surface area contributed by atoms with E-state index in [-0.39, 0.29) is 0 Å². The number of hydrogen-bond acceptors (Lipinski definition) is 0. The minimum Gasteiger partial charge on any atom is -0.0916 e. The molecule has 0 rings (SSSR count). The van der Waals surface area contributed by atoms with E-state index in [0.29, 0.717) is 10.8 Å². The highest BCUT2D eigenvalue weighted by Crippen LogP contribution is 2.43. The van der Waals surface area contributed by atoms with Gasteiger partial charge in [-0.3, -0.25) is 0 Å². The molecule has 0 saturated heterocycles. The Bertz CT molecular complexity index is 149. The van der Waals surface area contributed by atoms with Crippen molar-refractivity contribution in [2.24, 2.45) is 10.8 Å². The SMILES string of the molecule is CC=CCC(C)(C)C(C)(C)CC. The molecule has 0 unspecified atom stereocenters. The van der Waals surface area contributed by atoms with Crippen molar-refractivity contribution >= 4 is 0 Å². The first kappa shape index (κ1) is 11.7. The molecule has 0 atom stereocenters. The van der Waals surface area contributed by atoms with Crippen LogP contribution in [0.25, 0.3) is 0 Å². The number of hydrogen-bond donors (Lipinski definition) is 0. The van der Waals surface area contributed by atoms with Gasteiger partial charge in [0.15, 0.2) is 0 Å². The molecule has 12 heavy (non-hydrogen) atoms. The molecule has 0 aliphatic rings. The molecule has 0 aliphatic carbocycles. The Hall–Kier alpha value is -0.260. The van der Waals surface area contributed by atoms with E-state index in [4.69, 9.17) is 0 Å². The van der Waals surface area contributed by atoms with Gasteiger partial charge in [0, 0.05) is 0 Å². The second kappa shape index (κ2) is 4.11. The van der Waals surface area contributed by atoms with Crippen LogP contribution < -0.4 is 0 Å². The summed E-state index contributed by atoms with van der Waals surface area (Å²) in [4.78, 5) is 0. The van der Waals surface area contributed by atoms with Crippen LogP contribution in [0.5, 0.6) is 0 Å². The molecule has 0 aromatic heterocycles. The van der Waals surface area contributed by atoms with E-state index in [1.807, 2.05) is 0 Å². The van der Waals surface area contributed by atoms with Gasteiger partial charge < -0.3 is 0 Å². The van der Waals surface area contributed by atoms with E-state index in [1.54, 1.807) is 0 Å². The van der Waals surface area contributed by atoms with Gasteiger partial charge in [-0.1, -0.05) is 53.2 Å². The Morgan fingerprint density at radius 1 is 1.00 bits per heavy atom. The summed E-state index contributed by atoms with van der Waals surface area (Å²) in [5.41, 5.74) is 0.848. The Kier molecular flexibility index (Phi) is 4.02. The molecule has 0 aliphatic heterocycles. The molecule has 0 nitrogen and oxygen atoms in total. The van der Waals surface area contributed by atoms with Crippen LogP contribution in [0.2, 0.25) is 0 Å². The lowest BCUT2D eigenvalue weighted by Gasteiger charge is -2.40. The average Bonchev–Trinajstić information content (AvgIpc) is 2.00. The second-order valence-electron chi connectivity index (χ2n) is 4.89. The van der Waals surface area contributed by atoms with Crippen LogP contribution in [0.1, 0.15) is 54.4 Å². The molecule has 0 spiro atoms.